The van der Waals surface area contributed by atoms with E-state index in [9.17, 15) is 0 Å². The van der Waals surface area contributed by atoms with E-state index >= 15 is 0 Å². The van der Waals surface area contributed by atoms with Gasteiger partial charge in [-0.25, -0.2) is 0 Å². The van der Waals surface area contributed by atoms with E-state index in [4.69, 9.17) is 0 Å². The summed E-state index contributed by atoms with van der Waals surface area (Å²) >= 11 is 0. The predicted octanol–water partition coefficient (Wildman–Crippen LogP) is 8.85. The number of hydrogen-bond donors (Lipinski definition) is 0. The monoisotopic (exact) mass is 360 g/mol. The molecule has 0 amide bonds. The Bertz CT molecular complexity index is 423. The zero-order chi connectivity index (χ0) is 20.3. The first-order chi connectivity index (χ1) is 12.0. The van der Waals surface area contributed by atoms with Crippen LogP contribution >= 0.6 is 0 Å². The first kappa shape index (κ1) is 25.2. The average molecular weight is 361 g/mol. The van der Waals surface area contributed by atoms with Gasteiger partial charge in [0.05, 0.1) is 0 Å². The second-order valence-electron chi connectivity index (χ2n) is 9.76. The second-order valence-corrected chi connectivity index (χ2v) is 9.76. The van der Waals surface area contributed by atoms with E-state index in [1.807, 2.05) is 0 Å². The molecule has 0 bridgehead atoms. The van der Waals surface area contributed by atoms with Gasteiger partial charge in [-0.3, -0.25) is 0 Å². The van der Waals surface area contributed by atoms with Gasteiger partial charge in [0.2, 0.25) is 0 Å². The fourth-order valence-electron chi connectivity index (χ4n) is 3.17. The zero-order valence-electron chi connectivity index (χ0n) is 19.3. The summed E-state index contributed by atoms with van der Waals surface area (Å²) in [5, 5.41) is 0. The Labute approximate surface area is 166 Å². The normalized spacial score (nSPS) is 16.8. The molecule has 4 unspecified atom stereocenters. The van der Waals surface area contributed by atoms with E-state index in [0.717, 1.165) is 23.7 Å². The largest absolute Gasteiger partial charge is 0.0956 e. The Morgan fingerprint density at radius 3 is 1.23 bits per heavy atom. The van der Waals surface area contributed by atoms with Crippen LogP contribution in [0.5, 0.6) is 0 Å². The van der Waals surface area contributed by atoms with Crippen molar-refractivity contribution in [3.05, 3.63) is 36.5 Å². The smallest absolute Gasteiger partial charge is 0.0196 e. The van der Waals surface area contributed by atoms with E-state index in [0.29, 0.717) is 11.8 Å². The molecule has 0 heteroatoms. The molecule has 0 aliphatic rings. The van der Waals surface area contributed by atoms with Crippen LogP contribution in [-0.2, 0) is 0 Å². The lowest BCUT2D eigenvalue weighted by atomic mass is 9.83. The van der Waals surface area contributed by atoms with Gasteiger partial charge in [0.25, 0.3) is 0 Å². The van der Waals surface area contributed by atoms with Gasteiger partial charge in [0, 0.05) is 0 Å². The fourth-order valence-corrected chi connectivity index (χ4v) is 3.17. The Balaban J connectivity index is 4.27. The van der Waals surface area contributed by atoms with Crippen LogP contribution in [0.3, 0.4) is 0 Å². The molecule has 0 N–H and O–H groups in total. The van der Waals surface area contributed by atoms with Gasteiger partial charge in [-0.05, 0) is 54.8 Å². The molecule has 26 heavy (non-hydrogen) atoms. The summed E-state index contributed by atoms with van der Waals surface area (Å²) in [6, 6.07) is 0. The third-order valence-electron chi connectivity index (χ3n) is 6.18. The van der Waals surface area contributed by atoms with Gasteiger partial charge in [0.15, 0.2) is 0 Å². The molecule has 0 spiro atoms. The van der Waals surface area contributed by atoms with Crippen LogP contribution in [-0.4, -0.2) is 0 Å². The first-order valence-corrected chi connectivity index (χ1v) is 11.1. The van der Waals surface area contributed by atoms with E-state index in [-0.39, 0.29) is 0 Å². The molecule has 0 heterocycles. The zero-order valence-corrected chi connectivity index (χ0v) is 19.3. The lowest BCUT2D eigenvalue weighted by Crippen LogP contribution is -2.11. The summed E-state index contributed by atoms with van der Waals surface area (Å²) in [6.45, 7) is 27.3. The molecule has 0 aliphatic carbocycles. The van der Waals surface area contributed by atoms with Gasteiger partial charge < -0.3 is 0 Å². The standard InChI is InChI=1S/C26H48/c1-19(2)11-13-21(5)23(7)15-17-25(9)26(10)18-16-24(8)22(6)14-12-20(3)4/h15,17,19-22,24,26H,7,9,11-14,16,18H2,1-6,8,10H3/b17-15-. The highest BCUT2D eigenvalue weighted by molar-refractivity contribution is 5.26. The van der Waals surface area contributed by atoms with Crippen LogP contribution in [0.15, 0.2) is 36.5 Å². The third kappa shape index (κ3) is 11.8. The SMILES string of the molecule is C=C(/C=C\C(=C)C(C)CCC(C)C(C)CCC(C)C)C(C)CCC(C)C. The summed E-state index contributed by atoms with van der Waals surface area (Å²) in [6.07, 6.45) is 12.2. The van der Waals surface area contributed by atoms with Crippen molar-refractivity contribution in [3.63, 3.8) is 0 Å². The van der Waals surface area contributed by atoms with Crippen LogP contribution in [0, 0.1) is 35.5 Å². The van der Waals surface area contributed by atoms with E-state index < -0.39 is 0 Å². The quantitative estimate of drug-likeness (QED) is 0.271. The van der Waals surface area contributed by atoms with Crippen molar-refractivity contribution >= 4 is 0 Å². The molecule has 0 aromatic rings. The van der Waals surface area contributed by atoms with Gasteiger partial charge in [-0.15, -0.1) is 0 Å². The highest BCUT2D eigenvalue weighted by Crippen LogP contribution is 2.27. The molecule has 0 aromatic heterocycles. The minimum atomic E-state index is 0.560. The Morgan fingerprint density at radius 2 is 0.846 bits per heavy atom. The van der Waals surface area contributed by atoms with Crippen molar-refractivity contribution in [2.45, 2.75) is 93.9 Å². The summed E-state index contributed by atoms with van der Waals surface area (Å²) < 4.78 is 0. The molecule has 152 valence electrons. The van der Waals surface area contributed by atoms with Crippen LogP contribution in [0.2, 0.25) is 0 Å². The maximum Gasteiger partial charge on any atom is -0.0196 e. The van der Waals surface area contributed by atoms with Gasteiger partial charge in [-0.1, -0.05) is 111 Å². The number of allylic oxidation sites excluding steroid dienone is 4. The molecule has 0 nitrogen and oxygen atoms in total. The van der Waals surface area contributed by atoms with Crippen molar-refractivity contribution in [3.8, 4) is 0 Å². The number of hydrogen-bond acceptors (Lipinski definition) is 0. The molecule has 0 saturated carbocycles. The maximum absolute atomic E-state index is 4.31. The van der Waals surface area contributed by atoms with Crippen LogP contribution in [0.1, 0.15) is 93.9 Å². The molecule has 0 radical (unpaired) electrons. The fraction of sp³-hybridized carbons (Fsp3) is 0.769. The molecular weight excluding hydrogens is 312 g/mol. The second kappa shape index (κ2) is 13.4. The van der Waals surface area contributed by atoms with Gasteiger partial charge in [0.1, 0.15) is 0 Å². The predicted molar refractivity (Wildman–Crippen MR) is 121 cm³/mol. The molecule has 0 saturated heterocycles. The minimum Gasteiger partial charge on any atom is -0.0956 e. The van der Waals surface area contributed by atoms with E-state index in [1.54, 1.807) is 0 Å². The van der Waals surface area contributed by atoms with Crippen molar-refractivity contribution in [2.75, 3.05) is 0 Å². The Hall–Kier alpha value is -0.780. The van der Waals surface area contributed by atoms with Crippen molar-refractivity contribution < 1.29 is 0 Å². The topological polar surface area (TPSA) is 0 Å². The van der Waals surface area contributed by atoms with E-state index in [2.05, 4.69) is 80.7 Å². The summed E-state index contributed by atoms with van der Waals surface area (Å²) in [5.74, 6) is 4.36. The summed E-state index contributed by atoms with van der Waals surface area (Å²) in [7, 11) is 0. The summed E-state index contributed by atoms with van der Waals surface area (Å²) in [5.41, 5.74) is 2.50. The van der Waals surface area contributed by atoms with Crippen molar-refractivity contribution in [1.29, 1.82) is 0 Å². The molecule has 0 aliphatic heterocycles. The molecule has 4 atom stereocenters. The van der Waals surface area contributed by atoms with Gasteiger partial charge in [-0.2, -0.15) is 0 Å². The molecule has 0 aromatic carbocycles. The highest BCUT2D eigenvalue weighted by atomic mass is 14.2. The maximum atomic E-state index is 4.31. The summed E-state index contributed by atoms with van der Waals surface area (Å²) in [4.78, 5) is 0. The Kier molecular flexibility index (Phi) is 13.0. The highest BCUT2D eigenvalue weighted by Gasteiger charge is 2.15. The van der Waals surface area contributed by atoms with Crippen LogP contribution in [0.4, 0.5) is 0 Å². The molecular formula is C26H48. The third-order valence-corrected chi connectivity index (χ3v) is 6.18. The molecule has 0 rings (SSSR count). The van der Waals surface area contributed by atoms with Crippen LogP contribution < -0.4 is 0 Å². The minimum absolute atomic E-state index is 0.560. The lowest BCUT2D eigenvalue weighted by molar-refractivity contribution is 0.306. The Morgan fingerprint density at radius 1 is 0.538 bits per heavy atom. The van der Waals surface area contributed by atoms with Crippen molar-refractivity contribution in [1.82, 2.24) is 0 Å². The number of rotatable bonds is 14. The van der Waals surface area contributed by atoms with Gasteiger partial charge >= 0.3 is 0 Å². The first-order valence-electron chi connectivity index (χ1n) is 11.1. The lowest BCUT2D eigenvalue weighted by Gasteiger charge is -2.22. The van der Waals surface area contributed by atoms with E-state index in [1.165, 1.54) is 49.7 Å². The van der Waals surface area contributed by atoms with Crippen LogP contribution in [0.25, 0.3) is 0 Å². The molecule has 0 fully saturated rings. The average Bonchev–Trinajstić information content (AvgIpc) is 2.58. The van der Waals surface area contributed by atoms with Crippen molar-refractivity contribution in [2.24, 2.45) is 35.5 Å².